The molecule has 3 atom stereocenters. The van der Waals surface area contributed by atoms with Crippen molar-refractivity contribution in [3.05, 3.63) is 0 Å². The maximum Gasteiger partial charge on any atom is 0.472 e. The Bertz CT molecular complexity index is 1140. The van der Waals surface area contributed by atoms with Crippen molar-refractivity contribution in [2.75, 3.05) is 65.6 Å². The lowest BCUT2D eigenvalue weighted by Crippen LogP contribution is -2.33. The maximum absolute atomic E-state index is 12.1. The van der Waals surface area contributed by atoms with Gasteiger partial charge in [-0.2, -0.15) is 11.8 Å². The number of phosphoric ester groups is 1. The van der Waals surface area contributed by atoms with Crippen molar-refractivity contribution < 1.29 is 71.0 Å². The second-order valence-electron chi connectivity index (χ2n) is 10.6. The van der Waals surface area contributed by atoms with Gasteiger partial charge in [-0.25, -0.2) is 4.57 Å². The summed E-state index contributed by atoms with van der Waals surface area (Å²) in [5.41, 5.74) is 0. The fraction of sp³-hybridized carbons (Fsp3) is 0.759. The summed E-state index contributed by atoms with van der Waals surface area (Å²) in [6, 6.07) is 0. The summed E-state index contributed by atoms with van der Waals surface area (Å²) in [7, 11) is -4.51. The van der Waals surface area contributed by atoms with Gasteiger partial charge in [-0.05, 0) is 19.1 Å². The fourth-order valence-corrected chi connectivity index (χ4v) is 5.49. The summed E-state index contributed by atoms with van der Waals surface area (Å²) in [5, 5.41) is 2.30. The van der Waals surface area contributed by atoms with Crippen molar-refractivity contribution in [1.29, 1.82) is 0 Å². The van der Waals surface area contributed by atoms with Gasteiger partial charge in [0.05, 0.1) is 38.3 Å². The Labute approximate surface area is 284 Å². The molecule has 19 heteroatoms. The molecule has 0 radical (unpaired) electrons. The first-order valence-corrected chi connectivity index (χ1v) is 18.3. The number of nitrogens with zero attached hydrogens (tertiary/aromatic N) is 1. The smallest absolute Gasteiger partial charge is 0.462 e. The Morgan fingerprint density at radius 3 is 2.17 bits per heavy atom. The summed E-state index contributed by atoms with van der Waals surface area (Å²) in [5.74, 6) is -2.29. The van der Waals surface area contributed by atoms with E-state index in [-0.39, 0.29) is 126 Å². The third kappa shape index (κ3) is 20.6. The number of amides is 3. The quantitative estimate of drug-likeness (QED) is 0.0498. The number of hydrogen-bond donors (Lipinski definition) is 2. The van der Waals surface area contributed by atoms with Crippen molar-refractivity contribution >= 4 is 60.8 Å². The summed E-state index contributed by atoms with van der Waals surface area (Å²) in [4.78, 5) is 92.9. The average molecular weight is 727 g/mol. The highest BCUT2D eigenvalue weighted by Crippen LogP contribution is 2.43. The minimum absolute atomic E-state index is 0.0656. The molecule has 1 heterocycles. The van der Waals surface area contributed by atoms with E-state index in [9.17, 15) is 43.0 Å². The van der Waals surface area contributed by atoms with Crippen LogP contribution in [0.4, 0.5) is 0 Å². The van der Waals surface area contributed by atoms with E-state index in [4.69, 9.17) is 28.0 Å². The molecule has 17 nitrogen and oxygen atoms in total. The van der Waals surface area contributed by atoms with Crippen molar-refractivity contribution in [2.24, 2.45) is 0 Å². The summed E-state index contributed by atoms with van der Waals surface area (Å²) in [6.07, 6.45) is 2.11. The molecular formula is C29H47N2O15PS. The topological polar surface area (TPSA) is 227 Å². The standard InChI is InChI=1S/C29H47N2O15PS/c1-21(32)43-19-25(46-22(2)33)20-45-47(39,40)44-14-5-7-24(35)9-15-42-17-11-30-27(36)10-16-41-13-4-6-23(34)8-12-31-28(37)18-26(48-3)29(31)38/h25-26H,4-20H2,1-3H3,(H,30,36)(H,39,40). The molecule has 0 spiro atoms. The second kappa shape index (κ2) is 24.4. The molecule has 1 saturated heterocycles. The van der Waals surface area contributed by atoms with Crippen molar-refractivity contribution in [2.45, 2.75) is 76.6 Å². The van der Waals surface area contributed by atoms with E-state index in [2.05, 4.69) is 5.32 Å². The highest BCUT2D eigenvalue weighted by Gasteiger charge is 2.37. The Kier molecular flexibility index (Phi) is 22.0. The monoisotopic (exact) mass is 726 g/mol. The maximum atomic E-state index is 12.1. The number of rotatable bonds is 28. The second-order valence-corrected chi connectivity index (χ2v) is 13.0. The van der Waals surface area contributed by atoms with Gasteiger partial charge in [0.2, 0.25) is 17.7 Å². The summed E-state index contributed by atoms with van der Waals surface area (Å²) >= 11 is 1.33. The number of Topliss-reactive ketones (excluding diaryl/α,β-unsaturated/α-hetero) is 2. The van der Waals surface area contributed by atoms with Gasteiger partial charge in [-0.15, -0.1) is 0 Å². The van der Waals surface area contributed by atoms with Crippen LogP contribution in [-0.4, -0.2) is 128 Å². The minimum atomic E-state index is -4.51. The summed E-state index contributed by atoms with van der Waals surface area (Å²) in [6.45, 7) is 2.22. The van der Waals surface area contributed by atoms with E-state index in [0.717, 1.165) is 18.7 Å². The molecule has 1 fully saturated rings. The molecule has 0 saturated carbocycles. The minimum Gasteiger partial charge on any atom is -0.462 e. The van der Waals surface area contributed by atoms with E-state index < -0.39 is 32.5 Å². The van der Waals surface area contributed by atoms with Crippen LogP contribution in [0.2, 0.25) is 0 Å². The molecule has 3 amide bonds. The van der Waals surface area contributed by atoms with Crippen LogP contribution in [0.5, 0.6) is 0 Å². The largest absolute Gasteiger partial charge is 0.472 e. The van der Waals surface area contributed by atoms with Crippen LogP contribution in [0.1, 0.15) is 65.2 Å². The average Bonchev–Trinajstić information content (AvgIpc) is 3.30. The number of thioether (sulfide) groups is 1. The summed E-state index contributed by atoms with van der Waals surface area (Å²) < 4.78 is 41.9. The highest BCUT2D eigenvalue weighted by molar-refractivity contribution is 8.00. The van der Waals surface area contributed by atoms with E-state index in [0.29, 0.717) is 13.0 Å². The number of ketones is 2. The van der Waals surface area contributed by atoms with Gasteiger partial charge in [0.1, 0.15) is 18.2 Å². The Morgan fingerprint density at radius 1 is 0.875 bits per heavy atom. The molecule has 0 aromatic carbocycles. The first-order chi connectivity index (χ1) is 22.7. The lowest BCUT2D eigenvalue weighted by atomic mass is 10.1. The van der Waals surface area contributed by atoms with Crippen molar-refractivity contribution in [3.8, 4) is 0 Å². The number of carbonyl (C=O) groups is 7. The van der Waals surface area contributed by atoms with Crippen LogP contribution in [0.15, 0.2) is 0 Å². The Balaban J connectivity index is 2.01. The number of carbonyl (C=O) groups excluding carboxylic acids is 7. The van der Waals surface area contributed by atoms with Gasteiger partial charge < -0.3 is 29.2 Å². The number of hydrogen-bond acceptors (Lipinski definition) is 15. The Morgan fingerprint density at radius 2 is 1.52 bits per heavy atom. The molecule has 274 valence electrons. The van der Waals surface area contributed by atoms with Gasteiger partial charge in [0, 0.05) is 72.1 Å². The van der Waals surface area contributed by atoms with Crippen LogP contribution < -0.4 is 5.32 Å². The van der Waals surface area contributed by atoms with Crippen molar-refractivity contribution in [1.82, 2.24) is 10.2 Å². The first kappa shape index (κ1) is 43.3. The number of esters is 2. The number of likely N-dealkylation sites (tertiary alicyclic amines) is 1. The van der Waals surface area contributed by atoms with Gasteiger partial charge in [-0.3, -0.25) is 47.5 Å². The predicted molar refractivity (Wildman–Crippen MR) is 170 cm³/mol. The SMILES string of the molecule is CSC1CC(=O)N(CCC(=O)CCCOCCC(=O)NCCOCCC(=O)CCCOP(=O)(O)OCC(COC(C)=O)OC(C)=O)C1=O. The van der Waals surface area contributed by atoms with Gasteiger partial charge in [-0.1, -0.05) is 0 Å². The molecule has 2 N–H and O–H groups in total. The number of nitrogens with one attached hydrogen (secondary N) is 1. The normalized spacial score (nSPS) is 16.3. The van der Waals surface area contributed by atoms with Gasteiger partial charge in [0.15, 0.2) is 6.10 Å². The van der Waals surface area contributed by atoms with E-state index >= 15 is 0 Å². The first-order valence-electron chi connectivity index (χ1n) is 15.5. The van der Waals surface area contributed by atoms with Crippen LogP contribution in [-0.2, 0) is 66.1 Å². The highest BCUT2D eigenvalue weighted by atomic mass is 32.2. The van der Waals surface area contributed by atoms with E-state index in [1.54, 1.807) is 6.26 Å². The molecule has 1 aliphatic heterocycles. The zero-order chi connectivity index (χ0) is 36.0. The van der Waals surface area contributed by atoms with Gasteiger partial charge in [0.25, 0.3) is 0 Å². The molecule has 0 aromatic heterocycles. The van der Waals surface area contributed by atoms with Crippen LogP contribution in [0.3, 0.4) is 0 Å². The lowest BCUT2D eigenvalue weighted by Gasteiger charge is -2.18. The Hall–Kier alpha value is -2.73. The molecule has 0 bridgehead atoms. The zero-order valence-electron chi connectivity index (χ0n) is 27.6. The third-order valence-electron chi connectivity index (χ3n) is 6.50. The van der Waals surface area contributed by atoms with Gasteiger partial charge >= 0.3 is 19.8 Å². The van der Waals surface area contributed by atoms with Crippen LogP contribution >= 0.6 is 19.6 Å². The number of phosphoric acid groups is 1. The van der Waals surface area contributed by atoms with E-state index in [1.165, 1.54) is 11.8 Å². The molecule has 1 rings (SSSR count). The predicted octanol–water partition coefficient (Wildman–Crippen LogP) is 1.12. The molecule has 48 heavy (non-hydrogen) atoms. The zero-order valence-corrected chi connectivity index (χ0v) is 29.4. The molecule has 0 aliphatic carbocycles. The molecule has 1 aliphatic rings. The van der Waals surface area contributed by atoms with Crippen molar-refractivity contribution in [3.63, 3.8) is 0 Å². The molecule has 0 aromatic rings. The number of imide groups is 1. The number of ether oxygens (including phenoxy) is 4. The van der Waals surface area contributed by atoms with E-state index in [1.807, 2.05) is 0 Å². The van der Waals surface area contributed by atoms with Crippen LogP contribution in [0.25, 0.3) is 0 Å². The van der Waals surface area contributed by atoms with Crippen LogP contribution in [0, 0.1) is 0 Å². The third-order valence-corrected chi connectivity index (χ3v) is 8.42. The fourth-order valence-electron chi connectivity index (χ4n) is 4.06. The lowest BCUT2D eigenvalue weighted by molar-refractivity contribution is -0.158. The molecular weight excluding hydrogens is 679 g/mol. The molecule has 3 unspecified atom stereocenters.